The summed E-state index contributed by atoms with van der Waals surface area (Å²) < 4.78 is 0. The van der Waals surface area contributed by atoms with E-state index in [-0.39, 0.29) is 24.3 Å². The molecule has 2 heterocycles. The van der Waals surface area contributed by atoms with Crippen LogP contribution in [-0.4, -0.2) is 34.8 Å². The highest BCUT2D eigenvalue weighted by Gasteiger charge is 2.38. The summed E-state index contributed by atoms with van der Waals surface area (Å²) in [6.45, 7) is 0. The standard InChI is InChI=1S/C14H17N3O2/c1-17-12(18)8-11(14(17)19)16-10-6-2-4-9-5-3-7-15-13(9)10/h3,5,7,10-11,16H,2,4,6,8H2,1H3. The van der Waals surface area contributed by atoms with E-state index in [2.05, 4.69) is 16.4 Å². The predicted molar refractivity (Wildman–Crippen MR) is 69.2 cm³/mol. The quantitative estimate of drug-likeness (QED) is 0.798. The van der Waals surface area contributed by atoms with Crippen molar-refractivity contribution in [2.24, 2.45) is 0 Å². The predicted octanol–water partition coefficient (Wildman–Crippen LogP) is 0.806. The van der Waals surface area contributed by atoms with Gasteiger partial charge < -0.3 is 0 Å². The Morgan fingerprint density at radius 2 is 2.21 bits per heavy atom. The first kappa shape index (κ1) is 12.3. The van der Waals surface area contributed by atoms with Crippen LogP contribution in [0.2, 0.25) is 0 Å². The minimum absolute atomic E-state index is 0.0817. The lowest BCUT2D eigenvalue weighted by molar-refractivity contribution is -0.137. The Morgan fingerprint density at radius 3 is 2.95 bits per heavy atom. The Bertz CT molecular complexity index is 529. The van der Waals surface area contributed by atoms with Gasteiger partial charge in [0.05, 0.1) is 24.2 Å². The van der Waals surface area contributed by atoms with E-state index >= 15 is 0 Å². The van der Waals surface area contributed by atoms with Gasteiger partial charge in [0.15, 0.2) is 0 Å². The second kappa shape index (κ2) is 4.74. The van der Waals surface area contributed by atoms with Gasteiger partial charge in [0.2, 0.25) is 11.8 Å². The Kier molecular flexibility index (Phi) is 3.06. The van der Waals surface area contributed by atoms with Crippen molar-refractivity contribution in [1.29, 1.82) is 0 Å². The number of likely N-dealkylation sites (tertiary alicyclic amines) is 1. The molecule has 0 radical (unpaired) electrons. The number of aromatic nitrogens is 1. The minimum Gasteiger partial charge on any atom is -0.297 e. The molecule has 1 aromatic heterocycles. The fourth-order valence-electron chi connectivity index (χ4n) is 2.90. The molecule has 0 bridgehead atoms. The molecule has 1 aromatic rings. The van der Waals surface area contributed by atoms with E-state index in [0.717, 1.165) is 25.0 Å². The van der Waals surface area contributed by atoms with Crippen LogP contribution < -0.4 is 5.32 Å². The lowest BCUT2D eigenvalue weighted by Gasteiger charge is -2.27. The highest BCUT2D eigenvalue weighted by Crippen LogP contribution is 2.29. The molecule has 2 amide bonds. The second-order valence-electron chi connectivity index (χ2n) is 5.21. The third kappa shape index (κ3) is 2.14. The Labute approximate surface area is 112 Å². The van der Waals surface area contributed by atoms with Gasteiger partial charge in [-0.2, -0.15) is 0 Å². The smallest absolute Gasteiger partial charge is 0.246 e. The van der Waals surface area contributed by atoms with Crippen molar-refractivity contribution in [3.63, 3.8) is 0 Å². The average Bonchev–Trinajstić information content (AvgIpc) is 2.67. The summed E-state index contributed by atoms with van der Waals surface area (Å²) in [6.07, 6.45) is 5.13. The molecule has 2 atom stereocenters. The van der Waals surface area contributed by atoms with Crippen LogP contribution in [0.4, 0.5) is 0 Å². The van der Waals surface area contributed by atoms with Crippen LogP contribution in [-0.2, 0) is 16.0 Å². The number of aryl methyl sites for hydroxylation is 1. The van der Waals surface area contributed by atoms with Gasteiger partial charge in [-0.25, -0.2) is 0 Å². The van der Waals surface area contributed by atoms with E-state index in [9.17, 15) is 9.59 Å². The normalized spacial score (nSPS) is 26.7. The maximum atomic E-state index is 11.9. The summed E-state index contributed by atoms with van der Waals surface area (Å²) in [6, 6.07) is 3.72. The second-order valence-corrected chi connectivity index (χ2v) is 5.21. The number of pyridine rings is 1. The van der Waals surface area contributed by atoms with Gasteiger partial charge in [-0.1, -0.05) is 6.07 Å². The van der Waals surface area contributed by atoms with Crippen LogP contribution in [0.3, 0.4) is 0 Å². The monoisotopic (exact) mass is 259 g/mol. The van der Waals surface area contributed by atoms with E-state index in [1.165, 1.54) is 10.5 Å². The Balaban J connectivity index is 1.79. The first-order valence-electron chi connectivity index (χ1n) is 6.67. The van der Waals surface area contributed by atoms with Gasteiger partial charge in [0, 0.05) is 13.2 Å². The van der Waals surface area contributed by atoms with Crippen molar-refractivity contribution >= 4 is 11.8 Å². The molecule has 2 aliphatic rings. The summed E-state index contributed by atoms with van der Waals surface area (Å²) in [5.41, 5.74) is 2.28. The topological polar surface area (TPSA) is 62.3 Å². The van der Waals surface area contributed by atoms with E-state index in [1.807, 2.05) is 6.07 Å². The highest BCUT2D eigenvalue weighted by atomic mass is 16.2. The highest BCUT2D eigenvalue weighted by molar-refractivity contribution is 6.05. The summed E-state index contributed by atoms with van der Waals surface area (Å²) >= 11 is 0. The Morgan fingerprint density at radius 1 is 1.37 bits per heavy atom. The van der Waals surface area contributed by atoms with E-state index < -0.39 is 6.04 Å². The number of fused-ring (bicyclic) bond motifs is 1. The van der Waals surface area contributed by atoms with Crippen molar-refractivity contribution in [3.8, 4) is 0 Å². The third-order valence-electron chi connectivity index (χ3n) is 3.98. The largest absolute Gasteiger partial charge is 0.297 e. The van der Waals surface area contributed by atoms with Crippen LogP contribution >= 0.6 is 0 Å². The van der Waals surface area contributed by atoms with Crippen LogP contribution in [0.1, 0.15) is 36.6 Å². The zero-order valence-electron chi connectivity index (χ0n) is 10.9. The number of amides is 2. The molecule has 5 nitrogen and oxygen atoms in total. The van der Waals surface area contributed by atoms with Crippen molar-refractivity contribution in [2.45, 2.75) is 37.8 Å². The van der Waals surface area contributed by atoms with Gasteiger partial charge in [0.1, 0.15) is 0 Å². The molecule has 2 unspecified atom stereocenters. The number of rotatable bonds is 2. The zero-order valence-corrected chi connectivity index (χ0v) is 10.9. The summed E-state index contributed by atoms with van der Waals surface area (Å²) in [5.74, 6) is -0.243. The molecule has 0 aromatic carbocycles. The third-order valence-corrected chi connectivity index (χ3v) is 3.98. The molecule has 1 N–H and O–H groups in total. The molecule has 0 saturated carbocycles. The maximum absolute atomic E-state index is 11.9. The molecule has 1 aliphatic carbocycles. The van der Waals surface area contributed by atoms with Gasteiger partial charge >= 0.3 is 0 Å². The van der Waals surface area contributed by atoms with E-state index in [1.54, 1.807) is 13.2 Å². The first-order valence-corrected chi connectivity index (χ1v) is 6.67. The molecule has 19 heavy (non-hydrogen) atoms. The number of hydrogen-bond acceptors (Lipinski definition) is 4. The van der Waals surface area contributed by atoms with Gasteiger partial charge in [-0.3, -0.25) is 24.8 Å². The van der Waals surface area contributed by atoms with Crippen LogP contribution in [0.5, 0.6) is 0 Å². The lowest BCUT2D eigenvalue weighted by atomic mass is 9.91. The van der Waals surface area contributed by atoms with Gasteiger partial charge in [-0.15, -0.1) is 0 Å². The maximum Gasteiger partial charge on any atom is 0.246 e. The molecule has 1 fully saturated rings. The zero-order chi connectivity index (χ0) is 13.4. The molecule has 100 valence electrons. The van der Waals surface area contributed by atoms with Crippen molar-refractivity contribution < 1.29 is 9.59 Å². The van der Waals surface area contributed by atoms with Crippen molar-refractivity contribution in [1.82, 2.24) is 15.2 Å². The van der Waals surface area contributed by atoms with Crippen LogP contribution in [0, 0.1) is 0 Å². The first-order chi connectivity index (χ1) is 9.16. The van der Waals surface area contributed by atoms with Gasteiger partial charge in [0.25, 0.3) is 0 Å². The molecule has 1 aliphatic heterocycles. The molecule has 3 rings (SSSR count). The molecule has 5 heteroatoms. The number of hydrogen-bond donors (Lipinski definition) is 1. The number of nitrogens with zero attached hydrogens (tertiary/aromatic N) is 2. The van der Waals surface area contributed by atoms with Crippen LogP contribution in [0.15, 0.2) is 18.3 Å². The fraction of sp³-hybridized carbons (Fsp3) is 0.500. The lowest BCUT2D eigenvalue weighted by Crippen LogP contribution is -2.40. The number of nitrogens with one attached hydrogen (secondary N) is 1. The summed E-state index contributed by atoms with van der Waals surface area (Å²) in [5, 5.41) is 3.31. The van der Waals surface area contributed by atoms with Crippen LogP contribution in [0.25, 0.3) is 0 Å². The summed E-state index contributed by atoms with van der Waals surface area (Å²) in [4.78, 5) is 29.1. The molecule has 1 saturated heterocycles. The average molecular weight is 259 g/mol. The number of carbonyl (C=O) groups is 2. The SMILES string of the molecule is CN1C(=O)CC(NC2CCCc3cccnc32)C1=O. The number of carbonyl (C=O) groups excluding carboxylic acids is 2. The van der Waals surface area contributed by atoms with Crippen molar-refractivity contribution in [2.75, 3.05) is 7.05 Å². The number of likely N-dealkylation sites (N-methyl/N-ethyl adjacent to an activating group) is 1. The van der Waals surface area contributed by atoms with E-state index in [4.69, 9.17) is 0 Å². The van der Waals surface area contributed by atoms with Gasteiger partial charge in [-0.05, 0) is 30.9 Å². The fourth-order valence-corrected chi connectivity index (χ4v) is 2.90. The summed E-state index contributed by atoms with van der Waals surface area (Å²) in [7, 11) is 1.54. The molecule has 0 spiro atoms. The molecular formula is C14H17N3O2. The minimum atomic E-state index is -0.393. The Hall–Kier alpha value is -1.75. The molecular weight excluding hydrogens is 242 g/mol. The van der Waals surface area contributed by atoms with Crippen molar-refractivity contribution in [3.05, 3.63) is 29.6 Å². The van der Waals surface area contributed by atoms with E-state index in [0.29, 0.717) is 0 Å². The number of imide groups is 1.